The molecule has 2 heterocycles. The van der Waals surface area contributed by atoms with E-state index in [0.29, 0.717) is 24.8 Å². The van der Waals surface area contributed by atoms with Crippen LogP contribution in [0.3, 0.4) is 0 Å². The summed E-state index contributed by atoms with van der Waals surface area (Å²) in [5.74, 6) is 1.85. The first-order chi connectivity index (χ1) is 18.1. The van der Waals surface area contributed by atoms with E-state index >= 15 is 0 Å². The molecule has 3 aromatic carbocycles. The molecule has 1 saturated heterocycles. The number of amides is 1. The highest BCUT2D eigenvalue weighted by Gasteiger charge is 2.29. The smallest absolute Gasteiger partial charge is 0.241 e. The Labute approximate surface area is 217 Å². The Kier molecular flexibility index (Phi) is 7.61. The first-order valence-corrected chi connectivity index (χ1v) is 12.7. The zero-order valence-electron chi connectivity index (χ0n) is 21.3. The third kappa shape index (κ3) is 6.06. The van der Waals surface area contributed by atoms with E-state index in [2.05, 4.69) is 63.7 Å². The summed E-state index contributed by atoms with van der Waals surface area (Å²) in [5, 5.41) is 7.47. The molecule has 1 amide bonds. The van der Waals surface area contributed by atoms with Crippen molar-refractivity contribution in [2.24, 2.45) is 5.92 Å². The van der Waals surface area contributed by atoms with E-state index in [1.165, 1.54) is 5.56 Å². The average Bonchev–Trinajstić information content (AvgIpc) is 3.41. The van der Waals surface area contributed by atoms with E-state index in [-0.39, 0.29) is 17.9 Å². The van der Waals surface area contributed by atoms with E-state index in [4.69, 9.17) is 9.26 Å². The molecule has 7 heteroatoms. The van der Waals surface area contributed by atoms with Crippen LogP contribution in [-0.4, -0.2) is 41.1 Å². The molecule has 0 radical (unpaired) electrons. The Morgan fingerprint density at radius 3 is 2.51 bits per heavy atom. The molecule has 5 rings (SSSR count). The van der Waals surface area contributed by atoms with Crippen molar-refractivity contribution < 1.29 is 14.1 Å². The molecule has 0 saturated carbocycles. The average molecular weight is 497 g/mol. The fourth-order valence-electron chi connectivity index (χ4n) is 4.80. The van der Waals surface area contributed by atoms with Crippen LogP contribution in [0.15, 0.2) is 83.4 Å². The summed E-state index contributed by atoms with van der Waals surface area (Å²) in [6.45, 7) is 4.14. The summed E-state index contributed by atoms with van der Waals surface area (Å²) >= 11 is 0. The zero-order chi connectivity index (χ0) is 25.6. The number of nitrogens with zero attached hydrogens (tertiary/aromatic N) is 3. The minimum atomic E-state index is -0.187. The molecule has 1 aliphatic heterocycles. The Morgan fingerprint density at radius 1 is 1.05 bits per heavy atom. The molecule has 0 spiro atoms. The van der Waals surface area contributed by atoms with Crippen LogP contribution in [0, 0.1) is 12.8 Å². The molecule has 0 aliphatic carbocycles. The summed E-state index contributed by atoms with van der Waals surface area (Å²) in [7, 11) is 1.64. The number of hydrogen-bond donors (Lipinski definition) is 1. The van der Waals surface area contributed by atoms with Crippen molar-refractivity contribution in [2.75, 3.05) is 20.2 Å². The van der Waals surface area contributed by atoms with Crippen LogP contribution in [0.1, 0.15) is 41.5 Å². The van der Waals surface area contributed by atoms with E-state index in [9.17, 15) is 4.79 Å². The fourth-order valence-corrected chi connectivity index (χ4v) is 4.80. The molecule has 190 valence electrons. The summed E-state index contributed by atoms with van der Waals surface area (Å²) in [6, 6.07) is 25.9. The predicted molar refractivity (Wildman–Crippen MR) is 142 cm³/mol. The lowest BCUT2D eigenvalue weighted by Gasteiger charge is -2.32. The maximum absolute atomic E-state index is 13.5. The number of hydrogen-bond acceptors (Lipinski definition) is 6. The lowest BCUT2D eigenvalue weighted by Crippen LogP contribution is -2.43. The molecule has 1 aliphatic rings. The standard InChI is InChI=1S/C30H32N4O3/c1-21-10-12-23(13-11-21)28(22-7-4-3-5-8-22)32-30(35)25-9-6-18-34(19-25)20-27-31-29(33-37-27)24-14-16-26(36-2)17-15-24/h3-5,7-8,10-17,25,28H,6,9,18-20H2,1-2H3,(H,32,35). The third-order valence-corrected chi connectivity index (χ3v) is 6.88. The number of aromatic nitrogens is 2. The van der Waals surface area contributed by atoms with Gasteiger partial charge < -0.3 is 14.6 Å². The van der Waals surface area contributed by atoms with Crippen molar-refractivity contribution in [1.29, 1.82) is 0 Å². The topological polar surface area (TPSA) is 80.5 Å². The normalized spacial score (nSPS) is 16.8. The van der Waals surface area contributed by atoms with Gasteiger partial charge >= 0.3 is 0 Å². The van der Waals surface area contributed by atoms with Gasteiger partial charge in [-0.25, -0.2) is 0 Å². The van der Waals surface area contributed by atoms with Crippen LogP contribution in [0.5, 0.6) is 5.75 Å². The first-order valence-electron chi connectivity index (χ1n) is 12.7. The monoisotopic (exact) mass is 496 g/mol. The van der Waals surface area contributed by atoms with Gasteiger partial charge in [0.2, 0.25) is 17.6 Å². The number of carbonyl (C=O) groups is 1. The van der Waals surface area contributed by atoms with Gasteiger partial charge in [0.15, 0.2) is 0 Å². The highest BCUT2D eigenvalue weighted by molar-refractivity contribution is 5.80. The number of aryl methyl sites for hydroxylation is 1. The van der Waals surface area contributed by atoms with Crippen LogP contribution >= 0.6 is 0 Å². The largest absolute Gasteiger partial charge is 0.497 e. The number of piperidine rings is 1. The minimum Gasteiger partial charge on any atom is -0.497 e. The lowest BCUT2D eigenvalue weighted by atomic mass is 9.94. The van der Waals surface area contributed by atoms with Gasteiger partial charge in [-0.2, -0.15) is 4.98 Å². The van der Waals surface area contributed by atoms with Crippen molar-refractivity contribution in [3.63, 3.8) is 0 Å². The zero-order valence-corrected chi connectivity index (χ0v) is 21.3. The molecule has 37 heavy (non-hydrogen) atoms. The Hall–Kier alpha value is -3.97. The second-order valence-corrected chi connectivity index (χ2v) is 9.58. The van der Waals surface area contributed by atoms with Gasteiger partial charge in [0.05, 0.1) is 25.6 Å². The van der Waals surface area contributed by atoms with Crippen molar-refractivity contribution in [3.8, 4) is 17.1 Å². The van der Waals surface area contributed by atoms with Gasteiger partial charge in [-0.3, -0.25) is 9.69 Å². The summed E-state index contributed by atoms with van der Waals surface area (Å²) in [6.07, 6.45) is 1.80. The number of ether oxygens (including phenoxy) is 1. The van der Waals surface area contributed by atoms with Gasteiger partial charge in [-0.1, -0.05) is 65.3 Å². The second kappa shape index (κ2) is 11.4. The van der Waals surface area contributed by atoms with Crippen LogP contribution in [-0.2, 0) is 11.3 Å². The number of benzene rings is 3. The minimum absolute atomic E-state index is 0.0728. The molecular weight excluding hydrogens is 464 g/mol. The number of carbonyl (C=O) groups excluding carboxylic acids is 1. The van der Waals surface area contributed by atoms with Gasteiger partial charge in [0.1, 0.15) is 5.75 Å². The molecule has 7 nitrogen and oxygen atoms in total. The molecule has 1 fully saturated rings. The van der Waals surface area contributed by atoms with E-state index in [1.54, 1.807) is 7.11 Å². The summed E-state index contributed by atoms with van der Waals surface area (Å²) in [4.78, 5) is 20.3. The van der Waals surface area contributed by atoms with Gasteiger partial charge in [-0.05, 0) is 61.7 Å². The van der Waals surface area contributed by atoms with E-state index in [1.807, 2.05) is 42.5 Å². The summed E-state index contributed by atoms with van der Waals surface area (Å²) in [5.41, 5.74) is 4.22. The number of nitrogens with one attached hydrogen (secondary N) is 1. The maximum atomic E-state index is 13.5. The second-order valence-electron chi connectivity index (χ2n) is 9.58. The number of methoxy groups -OCH3 is 1. The SMILES string of the molecule is COc1ccc(-c2noc(CN3CCCC(C(=O)NC(c4ccccc4)c4ccc(C)cc4)C3)n2)cc1. The first kappa shape index (κ1) is 24.7. The van der Waals surface area contributed by atoms with E-state index < -0.39 is 0 Å². The Balaban J connectivity index is 1.24. The van der Waals surface area contributed by atoms with Crippen LogP contribution in [0.4, 0.5) is 0 Å². The highest BCUT2D eigenvalue weighted by atomic mass is 16.5. The maximum Gasteiger partial charge on any atom is 0.241 e. The van der Waals surface area contributed by atoms with Crippen LogP contribution in [0.25, 0.3) is 11.4 Å². The van der Waals surface area contributed by atoms with E-state index in [0.717, 1.165) is 41.8 Å². The number of likely N-dealkylation sites (tertiary alicyclic amines) is 1. The van der Waals surface area contributed by atoms with Crippen molar-refractivity contribution >= 4 is 5.91 Å². The molecule has 1 aromatic heterocycles. The van der Waals surface area contributed by atoms with Crippen molar-refractivity contribution in [1.82, 2.24) is 20.4 Å². The molecule has 4 aromatic rings. The lowest BCUT2D eigenvalue weighted by molar-refractivity contribution is -0.127. The van der Waals surface area contributed by atoms with Crippen LogP contribution in [0.2, 0.25) is 0 Å². The van der Waals surface area contributed by atoms with Crippen LogP contribution < -0.4 is 10.1 Å². The quantitative estimate of drug-likeness (QED) is 0.362. The molecule has 2 atom stereocenters. The Morgan fingerprint density at radius 2 is 1.78 bits per heavy atom. The molecule has 2 unspecified atom stereocenters. The highest BCUT2D eigenvalue weighted by Crippen LogP contribution is 2.26. The van der Waals surface area contributed by atoms with Crippen molar-refractivity contribution in [3.05, 3.63) is 101 Å². The summed E-state index contributed by atoms with van der Waals surface area (Å²) < 4.78 is 10.7. The predicted octanol–water partition coefficient (Wildman–Crippen LogP) is 5.17. The number of rotatable bonds is 8. The van der Waals surface area contributed by atoms with Gasteiger partial charge in [0.25, 0.3) is 0 Å². The molecular formula is C30H32N4O3. The fraction of sp³-hybridized carbons (Fsp3) is 0.300. The van der Waals surface area contributed by atoms with Crippen molar-refractivity contribution in [2.45, 2.75) is 32.4 Å². The Bertz CT molecular complexity index is 1300. The van der Waals surface area contributed by atoms with Gasteiger partial charge in [-0.15, -0.1) is 0 Å². The van der Waals surface area contributed by atoms with Gasteiger partial charge in [0, 0.05) is 12.1 Å². The third-order valence-electron chi connectivity index (χ3n) is 6.88. The molecule has 1 N–H and O–H groups in total. The molecule has 0 bridgehead atoms.